The van der Waals surface area contributed by atoms with Crippen molar-refractivity contribution in [2.75, 3.05) is 33.2 Å². The fourth-order valence-corrected chi connectivity index (χ4v) is 1.91. The maximum Gasteiger partial charge on any atom is 0.101 e. The van der Waals surface area contributed by atoms with Crippen LogP contribution < -0.4 is 5.32 Å². The molecule has 1 fully saturated rings. The highest BCUT2D eigenvalue weighted by Gasteiger charge is 2.01. The highest BCUT2D eigenvalue weighted by molar-refractivity contribution is 5.79. The number of hydrogen-bond donors (Lipinski definition) is 1. The van der Waals surface area contributed by atoms with Gasteiger partial charge in [0.15, 0.2) is 0 Å². The van der Waals surface area contributed by atoms with Gasteiger partial charge in [-0.2, -0.15) is 5.26 Å². The number of pyridine rings is 1. The molecule has 1 aromatic carbocycles. The number of nitrogens with zero attached hydrogens (tertiary/aromatic N) is 3. The molecular formula is C15H18N4. The van der Waals surface area contributed by atoms with E-state index in [1.807, 2.05) is 30.3 Å². The Morgan fingerprint density at radius 1 is 1.26 bits per heavy atom. The summed E-state index contributed by atoms with van der Waals surface area (Å²) in [6.07, 6.45) is 1.59. The largest absolute Gasteiger partial charge is 0.314 e. The van der Waals surface area contributed by atoms with E-state index >= 15 is 0 Å². The number of hydrogen-bond acceptors (Lipinski definition) is 4. The average molecular weight is 254 g/mol. The molecule has 4 nitrogen and oxygen atoms in total. The fraction of sp³-hybridized carbons (Fsp3) is 0.333. The SMILES string of the molecule is CN1CCNCC1.N#Cc1cnc2ccccc2c1. The standard InChI is InChI=1S/C10H6N2.C5H12N2/c11-6-8-5-9-3-1-2-4-10(9)12-7-8;1-7-4-2-6-3-5-7/h1-5,7H;6H,2-5H2,1H3. The quantitative estimate of drug-likeness (QED) is 0.776. The lowest BCUT2D eigenvalue weighted by atomic mass is 10.2. The topological polar surface area (TPSA) is 52.0 Å². The monoisotopic (exact) mass is 254 g/mol. The van der Waals surface area contributed by atoms with E-state index in [0.717, 1.165) is 24.0 Å². The molecular weight excluding hydrogens is 236 g/mol. The van der Waals surface area contributed by atoms with E-state index in [0.29, 0.717) is 5.56 Å². The van der Waals surface area contributed by atoms with E-state index in [1.54, 1.807) is 6.20 Å². The van der Waals surface area contributed by atoms with Crippen LogP contribution in [0.3, 0.4) is 0 Å². The molecule has 0 aliphatic carbocycles. The normalized spacial score (nSPS) is 15.4. The fourth-order valence-electron chi connectivity index (χ4n) is 1.91. The molecule has 0 unspecified atom stereocenters. The molecule has 1 aliphatic rings. The number of para-hydroxylation sites is 1. The van der Waals surface area contributed by atoms with Crippen LogP contribution >= 0.6 is 0 Å². The molecule has 98 valence electrons. The molecule has 1 N–H and O–H groups in total. The molecule has 1 aliphatic heterocycles. The van der Waals surface area contributed by atoms with E-state index in [4.69, 9.17) is 5.26 Å². The van der Waals surface area contributed by atoms with Gasteiger partial charge in [0, 0.05) is 37.8 Å². The van der Waals surface area contributed by atoms with Gasteiger partial charge in [0.25, 0.3) is 0 Å². The number of fused-ring (bicyclic) bond motifs is 1. The molecule has 3 rings (SSSR count). The zero-order valence-electron chi connectivity index (χ0n) is 11.1. The van der Waals surface area contributed by atoms with Gasteiger partial charge in [0.05, 0.1) is 11.1 Å². The lowest BCUT2D eigenvalue weighted by molar-refractivity contribution is 0.291. The van der Waals surface area contributed by atoms with Crippen LogP contribution in [0.5, 0.6) is 0 Å². The smallest absolute Gasteiger partial charge is 0.101 e. The van der Waals surface area contributed by atoms with Gasteiger partial charge in [0.1, 0.15) is 6.07 Å². The molecule has 2 aromatic rings. The second kappa shape index (κ2) is 6.83. The van der Waals surface area contributed by atoms with Gasteiger partial charge in [-0.3, -0.25) is 4.98 Å². The van der Waals surface area contributed by atoms with Crippen LogP contribution in [0.25, 0.3) is 10.9 Å². The molecule has 0 bridgehead atoms. The molecule has 4 heteroatoms. The maximum atomic E-state index is 8.61. The summed E-state index contributed by atoms with van der Waals surface area (Å²) >= 11 is 0. The number of benzene rings is 1. The van der Waals surface area contributed by atoms with Gasteiger partial charge >= 0.3 is 0 Å². The Balaban J connectivity index is 0.000000163. The van der Waals surface area contributed by atoms with Gasteiger partial charge in [-0.25, -0.2) is 0 Å². The summed E-state index contributed by atoms with van der Waals surface area (Å²) in [5, 5.41) is 12.9. The Kier molecular flexibility index (Phi) is 4.85. The van der Waals surface area contributed by atoms with Crippen LogP contribution in [0.4, 0.5) is 0 Å². The third-order valence-corrected chi connectivity index (χ3v) is 3.06. The van der Waals surface area contributed by atoms with Crippen molar-refractivity contribution in [3.05, 3.63) is 42.1 Å². The highest BCUT2D eigenvalue weighted by atomic mass is 15.2. The molecule has 1 aromatic heterocycles. The minimum Gasteiger partial charge on any atom is -0.314 e. The molecule has 1 saturated heterocycles. The molecule has 19 heavy (non-hydrogen) atoms. The second-order valence-electron chi connectivity index (χ2n) is 4.58. The van der Waals surface area contributed by atoms with Crippen LogP contribution in [-0.4, -0.2) is 43.1 Å². The van der Waals surface area contributed by atoms with Gasteiger partial charge in [-0.15, -0.1) is 0 Å². The van der Waals surface area contributed by atoms with Crippen molar-refractivity contribution in [2.24, 2.45) is 0 Å². The molecule has 0 saturated carbocycles. The highest BCUT2D eigenvalue weighted by Crippen LogP contribution is 2.11. The summed E-state index contributed by atoms with van der Waals surface area (Å²) in [6.45, 7) is 4.74. The van der Waals surface area contributed by atoms with E-state index in [1.165, 1.54) is 13.1 Å². The second-order valence-corrected chi connectivity index (χ2v) is 4.58. The van der Waals surface area contributed by atoms with Gasteiger partial charge in [-0.05, 0) is 19.2 Å². The van der Waals surface area contributed by atoms with Crippen molar-refractivity contribution < 1.29 is 0 Å². The van der Waals surface area contributed by atoms with Gasteiger partial charge < -0.3 is 10.2 Å². The van der Waals surface area contributed by atoms with Crippen molar-refractivity contribution in [3.8, 4) is 6.07 Å². The van der Waals surface area contributed by atoms with Crippen LogP contribution in [0, 0.1) is 11.3 Å². The number of rotatable bonds is 0. The predicted octanol–water partition coefficient (Wildman–Crippen LogP) is 1.63. The van der Waals surface area contributed by atoms with Gasteiger partial charge in [-0.1, -0.05) is 18.2 Å². The lowest BCUT2D eigenvalue weighted by Gasteiger charge is -2.21. The zero-order valence-corrected chi connectivity index (χ0v) is 11.1. The molecule has 0 spiro atoms. The van der Waals surface area contributed by atoms with Crippen molar-refractivity contribution >= 4 is 10.9 Å². The van der Waals surface area contributed by atoms with Crippen molar-refractivity contribution in [1.29, 1.82) is 5.26 Å². The third kappa shape index (κ3) is 4.02. The van der Waals surface area contributed by atoms with Crippen LogP contribution in [0.2, 0.25) is 0 Å². The van der Waals surface area contributed by atoms with Crippen molar-refractivity contribution in [1.82, 2.24) is 15.2 Å². The summed E-state index contributed by atoms with van der Waals surface area (Å²) in [7, 11) is 2.15. The number of likely N-dealkylation sites (N-methyl/N-ethyl adjacent to an activating group) is 1. The van der Waals surface area contributed by atoms with E-state index in [-0.39, 0.29) is 0 Å². The minimum absolute atomic E-state index is 0.605. The lowest BCUT2D eigenvalue weighted by Crippen LogP contribution is -2.40. The number of nitrogens with one attached hydrogen (secondary N) is 1. The van der Waals surface area contributed by atoms with Crippen molar-refractivity contribution in [2.45, 2.75) is 0 Å². The van der Waals surface area contributed by atoms with E-state index < -0.39 is 0 Å². The number of piperazine rings is 1. The third-order valence-electron chi connectivity index (χ3n) is 3.06. The van der Waals surface area contributed by atoms with Crippen LogP contribution in [-0.2, 0) is 0 Å². The minimum atomic E-state index is 0.605. The Bertz CT molecular complexity index is 568. The Labute approximate surface area is 113 Å². The summed E-state index contributed by atoms with van der Waals surface area (Å²) in [6, 6.07) is 11.6. The summed E-state index contributed by atoms with van der Waals surface area (Å²) in [5.74, 6) is 0. The number of nitriles is 1. The summed E-state index contributed by atoms with van der Waals surface area (Å²) in [4.78, 5) is 6.46. The first-order chi connectivity index (χ1) is 9.29. The number of aromatic nitrogens is 1. The first kappa shape index (κ1) is 13.5. The van der Waals surface area contributed by atoms with Crippen LogP contribution in [0.15, 0.2) is 36.5 Å². The predicted molar refractivity (Wildman–Crippen MR) is 76.8 cm³/mol. The molecule has 0 amide bonds. The first-order valence-electron chi connectivity index (χ1n) is 6.44. The Morgan fingerprint density at radius 2 is 2.00 bits per heavy atom. The Morgan fingerprint density at radius 3 is 2.63 bits per heavy atom. The summed E-state index contributed by atoms with van der Waals surface area (Å²) < 4.78 is 0. The van der Waals surface area contributed by atoms with Gasteiger partial charge in [0.2, 0.25) is 0 Å². The molecule has 0 atom stereocenters. The molecule has 0 radical (unpaired) electrons. The van der Waals surface area contributed by atoms with E-state index in [9.17, 15) is 0 Å². The first-order valence-corrected chi connectivity index (χ1v) is 6.44. The van der Waals surface area contributed by atoms with E-state index in [2.05, 4.69) is 28.3 Å². The van der Waals surface area contributed by atoms with Crippen molar-refractivity contribution in [3.63, 3.8) is 0 Å². The maximum absolute atomic E-state index is 8.61. The zero-order chi connectivity index (χ0) is 13.5. The van der Waals surface area contributed by atoms with Crippen LogP contribution in [0.1, 0.15) is 5.56 Å². The Hall–Kier alpha value is -1.96. The summed E-state index contributed by atoms with van der Waals surface area (Å²) in [5.41, 5.74) is 1.53. The molecule has 2 heterocycles. The average Bonchev–Trinajstić information content (AvgIpc) is 2.48.